The summed E-state index contributed by atoms with van der Waals surface area (Å²) in [5.41, 5.74) is -0.599. The number of hydrogen-bond donors (Lipinski definition) is 0. The number of hydrogen-bond acceptors (Lipinski definition) is 5. The summed E-state index contributed by atoms with van der Waals surface area (Å²) in [6, 6.07) is 14.2. The maximum absolute atomic E-state index is 13.4. The Bertz CT molecular complexity index is 1590. The van der Waals surface area contributed by atoms with E-state index in [0.717, 1.165) is 16.8 Å². The van der Waals surface area contributed by atoms with E-state index >= 15 is 0 Å². The molecule has 0 unspecified atom stereocenters. The Labute approximate surface area is 214 Å². The third-order valence-electron chi connectivity index (χ3n) is 5.16. The maximum atomic E-state index is 13.4. The summed E-state index contributed by atoms with van der Waals surface area (Å²) < 4.78 is 52.1. The first-order valence-corrected chi connectivity index (χ1v) is 11.4. The first kappa shape index (κ1) is 25.8. The second kappa shape index (κ2) is 10.8. The minimum absolute atomic E-state index is 0.0221. The minimum Gasteiger partial charge on any atom is -0.490 e. The summed E-state index contributed by atoms with van der Waals surface area (Å²) in [7, 11) is 0. The molecular formula is C27H19ClF3N3O3. The smallest absolute Gasteiger partial charge is 0.416 e. The molecule has 0 aliphatic carbocycles. The van der Waals surface area contributed by atoms with Crippen LogP contribution in [0.4, 0.5) is 13.2 Å². The molecule has 0 radical (unpaired) electrons. The van der Waals surface area contributed by atoms with Gasteiger partial charge in [0.1, 0.15) is 6.61 Å². The Balaban J connectivity index is 1.87. The molecule has 0 atom stereocenters. The fourth-order valence-corrected chi connectivity index (χ4v) is 3.83. The third kappa shape index (κ3) is 5.60. The highest BCUT2D eigenvalue weighted by molar-refractivity contribution is 6.32. The Kier molecular flexibility index (Phi) is 7.50. The summed E-state index contributed by atoms with van der Waals surface area (Å²) in [4.78, 5) is 17.8. The molecule has 6 nitrogen and oxygen atoms in total. The first-order valence-electron chi connectivity index (χ1n) is 11.0. The van der Waals surface area contributed by atoms with E-state index in [2.05, 4.69) is 16.0 Å². The van der Waals surface area contributed by atoms with E-state index in [9.17, 15) is 18.0 Å². The van der Waals surface area contributed by atoms with Gasteiger partial charge in [0, 0.05) is 5.56 Å². The number of nitrogens with zero attached hydrogens (tertiary/aromatic N) is 3. The van der Waals surface area contributed by atoms with Crippen molar-refractivity contribution in [3.8, 4) is 35.2 Å². The summed E-state index contributed by atoms with van der Waals surface area (Å²) >= 11 is 6.36. The predicted octanol–water partition coefficient (Wildman–Crippen LogP) is 6.03. The summed E-state index contributed by atoms with van der Waals surface area (Å²) in [5.74, 6) is 2.86. The Hall–Kier alpha value is -4.29. The van der Waals surface area contributed by atoms with Gasteiger partial charge in [-0.1, -0.05) is 41.8 Å². The summed E-state index contributed by atoms with van der Waals surface area (Å²) in [6.45, 7) is 2.07. The Morgan fingerprint density at radius 2 is 1.92 bits per heavy atom. The first-order chi connectivity index (χ1) is 17.7. The number of aromatic nitrogens is 2. The summed E-state index contributed by atoms with van der Waals surface area (Å²) in [5, 5.41) is 4.73. The van der Waals surface area contributed by atoms with Gasteiger partial charge in [0.2, 0.25) is 0 Å². The standard InChI is InChI=1S/C27H19ClF3N3O3/c1-3-12-37-24-21(28)13-17(14-23(24)36-4-2)16-32-34-25(18-8-7-9-19(15-18)27(29,30)31)33-22-11-6-5-10-20(22)26(34)35/h1,5-11,13-16H,4,12H2,2H3. The fourth-order valence-electron chi connectivity index (χ4n) is 3.56. The monoisotopic (exact) mass is 525 g/mol. The minimum atomic E-state index is -4.57. The number of para-hydroxylation sites is 1. The van der Waals surface area contributed by atoms with Crippen molar-refractivity contribution in [1.82, 2.24) is 9.66 Å². The molecule has 0 aliphatic heterocycles. The Morgan fingerprint density at radius 1 is 1.14 bits per heavy atom. The molecule has 0 N–H and O–H groups in total. The Morgan fingerprint density at radius 3 is 2.65 bits per heavy atom. The lowest BCUT2D eigenvalue weighted by molar-refractivity contribution is -0.137. The van der Waals surface area contributed by atoms with Crippen LogP contribution in [0.15, 0.2) is 70.6 Å². The van der Waals surface area contributed by atoms with Crippen LogP contribution in [0.25, 0.3) is 22.3 Å². The van der Waals surface area contributed by atoms with Crippen LogP contribution >= 0.6 is 11.6 Å². The molecule has 10 heteroatoms. The highest BCUT2D eigenvalue weighted by Gasteiger charge is 2.31. The van der Waals surface area contributed by atoms with Crippen molar-refractivity contribution >= 4 is 28.7 Å². The zero-order valence-electron chi connectivity index (χ0n) is 19.4. The van der Waals surface area contributed by atoms with E-state index in [-0.39, 0.29) is 34.2 Å². The molecule has 4 rings (SSSR count). The number of halogens is 4. The molecule has 0 aliphatic rings. The van der Waals surface area contributed by atoms with Gasteiger partial charge in [0.25, 0.3) is 5.56 Å². The molecule has 1 aromatic heterocycles. The van der Waals surface area contributed by atoms with Crippen molar-refractivity contribution in [3.63, 3.8) is 0 Å². The van der Waals surface area contributed by atoms with Gasteiger partial charge < -0.3 is 9.47 Å². The quantitative estimate of drug-likeness (QED) is 0.218. The lowest BCUT2D eigenvalue weighted by atomic mass is 10.1. The zero-order chi connectivity index (χ0) is 26.6. The molecule has 188 valence electrons. The van der Waals surface area contributed by atoms with E-state index in [0.29, 0.717) is 23.4 Å². The second-order valence-electron chi connectivity index (χ2n) is 7.65. The topological polar surface area (TPSA) is 65.7 Å². The van der Waals surface area contributed by atoms with Crippen molar-refractivity contribution in [1.29, 1.82) is 0 Å². The van der Waals surface area contributed by atoms with Gasteiger partial charge in [-0.25, -0.2) is 4.98 Å². The van der Waals surface area contributed by atoms with E-state index in [1.54, 1.807) is 37.3 Å². The number of terminal acetylenes is 1. The number of ether oxygens (including phenoxy) is 2. The number of alkyl halides is 3. The van der Waals surface area contributed by atoms with Crippen molar-refractivity contribution in [3.05, 3.63) is 87.2 Å². The van der Waals surface area contributed by atoms with Crippen LogP contribution in [-0.2, 0) is 6.18 Å². The molecule has 0 fully saturated rings. The van der Waals surface area contributed by atoms with E-state index in [1.165, 1.54) is 24.4 Å². The second-order valence-corrected chi connectivity index (χ2v) is 8.06. The molecular weight excluding hydrogens is 507 g/mol. The average molecular weight is 526 g/mol. The van der Waals surface area contributed by atoms with Gasteiger partial charge in [-0.3, -0.25) is 4.79 Å². The molecule has 0 spiro atoms. The molecule has 0 amide bonds. The molecule has 37 heavy (non-hydrogen) atoms. The largest absolute Gasteiger partial charge is 0.490 e. The van der Waals surface area contributed by atoms with Gasteiger partial charge in [-0.05, 0) is 48.9 Å². The van der Waals surface area contributed by atoms with Crippen molar-refractivity contribution in [2.45, 2.75) is 13.1 Å². The van der Waals surface area contributed by atoms with Crippen LogP contribution in [0.3, 0.4) is 0 Å². The predicted molar refractivity (Wildman–Crippen MR) is 136 cm³/mol. The number of benzene rings is 3. The van der Waals surface area contributed by atoms with Gasteiger partial charge in [-0.2, -0.15) is 22.9 Å². The lowest BCUT2D eigenvalue weighted by Gasteiger charge is -2.13. The third-order valence-corrected chi connectivity index (χ3v) is 5.44. The average Bonchev–Trinajstić information content (AvgIpc) is 2.87. The van der Waals surface area contributed by atoms with Crippen molar-refractivity contribution in [2.75, 3.05) is 13.2 Å². The van der Waals surface area contributed by atoms with Gasteiger partial charge >= 0.3 is 6.18 Å². The molecule has 0 saturated heterocycles. The highest BCUT2D eigenvalue weighted by atomic mass is 35.5. The van der Waals surface area contributed by atoms with Crippen LogP contribution in [0, 0.1) is 12.3 Å². The molecule has 0 bridgehead atoms. The molecule has 1 heterocycles. The molecule has 0 saturated carbocycles. The van der Waals surface area contributed by atoms with Crippen LogP contribution in [-0.4, -0.2) is 29.1 Å². The summed E-state index contributed by atoms with van der Waals surface area (Å²) in [6.07, 6.45) is 2.02. The van der Waals surface area contributed by atoms with Gasteiger partial charge in [0.05, 0.1) is 34.3 Å². The maximum Gasteiger partial charge on any atom is 0.416 e. The zero-order valence-corrected chi connectivity index (χ0v) is 20.2. The normalized spacial score (nSPS) is 11.6. The van der Waals surface area contributed by atoms with Crippen LogP contribution in [0.1, 0.15) is 18.1 Å². The van der Waals surface area contributed by atoms with E-state index in [4.69, 9.17) is 27.5 Å². The van der Waals surface area contributed by atoms with Crippen LogP contribution in [0.5, 0.6) is 11.5 Å². The number of rotatable bonds is 7. The van der Waals surface area contributed by atoms with Gasteiger partial charge in [0.15, 0.2) is 17.3 Å². The lowest BCUT2D eigenvalue weighted by Crippen LogP contribution is -2.20. The van der Waals surface area contributed by atoms with Crippen LogP contribution in [0.2, 0.25) is 5.02 Å². The van der Waals surface area contributed by atoms with E-state index in [1.807, 2.05) is 0 Å². The SMILES string of the molecule is C#CCOc1c(Cl)cc(C=Nn2c(-c3cccc(C(F)(F)F)c3)nc3ccccc3c2=O)cc1OCC. The molecule has 4 aromatic rings. The molecule has 3 aromatic carbocycles. The van der Waals surface area contributed by atoms with Gasteiger partial charge in [-0.15, -0.1) is 6.42 Å². The highest BCUT2D eigenvalue weighted by Crippen LogP contribution is 2.36. The number of fused-ring (bicyclic) bond motifs is 1. The van der Waals surface area contributed by atoms with Crippen LogP contribution < -0.4 is 15.0 Å². The van der Waals surface area contributed by atoms with Crippen molar-refractivity contribution < 1.29 is 22.6 Å². The van der Waals surface area contributed by atoms with Crippen molar-refractivity contribution in [2.24, 2.45) is 5.10 Å². The van der Waals surface area contributed by atoms with E-state index < -0.39 is 17.3 Å². The fraction of sp³-hybridized carbons (Fsp3) is 0.148.